The average molecular weight is 559 g/mol. The van der Waals surface area contributed by atoms with Crippen LogP contribution in [0.15, 0.2) is 48.5 Å². The Hall–Kier alpha value is -3.80. The molecule has 1 unspecified atom stereocenters. The van der Waals surface area contributed by atoms with E-state index in [9.17, 15) is 4.79 Å². The molecule has 0 bridgehead atoms. The molecule has 0 radical (unpaired) electrons. The standard InChI is InChI=1S/C30H38N8O3/c1-21-20-41-19-16-38(21)29-35-27(34-28(36-29)23-10-17-40-18-11-23)22-2-4-24(5-3-22)32-30(39)33-25-6-8-26(9-7-25)37-14-12-31-13-15-37/h2-9,21,23,31H,10-20H2,1H3,(H2,32,33,39). The largest absolute Gasteiger partial charge is 0.381 e. The number of hydrogen-bond donors (Lipinski definition) is 3. The summed E-state index contributed by atoms with van der Waals surface area (Å²) >= 11 is 0. The molecule has 3 aliphatic rings. The van der Waals surface area contributed by atoms with Gasteiger partial charge in [-0.3, -0.25) is 0 Å². The van der Waals surface area contributed by atoms with E-state index in [4.69, 9.17) is 24.4 Å². The van der Waals surface area contributed by atoms with Crippen molar-refractivity contribution >= 4 is 29.0 Å². The number of ether oxygens (including phenoxy) is 2. The summed E-state index contributed by atoms with van der Waals surface area (Å²) in [4.78, 5) is 31.9. The maximum atomic E-state index is 12.7. The highest BCUT2D eigenvalue weighted by atomic mass is 16.5. The van der Waals surface area contributed by atoms with Crippen molar-refractivity contribution in [2.45, 2.75) is 31.7 Å². The van der Waals surface area contributed by atoms with E-state index in [0.717, 1.165) is 81.5 Å². The number of urea groups is 1. The first-order chi connectivity index (χ1) is 20.1. The summed E-state index contributed by atoms with van der Waals surface area (Å²) in [6.07, 6.45) is 1.80. The number of nitrogens with one attached hydrogen (secondary N) is 3. The van der Waals surface area contributed by atoms with Crippen molar-refractivity contribution < 1.29 is 14.3 Å². The molecule has 0 spiro atoms. The molecule has 0 saturated carbocycles. The fourth-order valence-corrected chi connectivity index (χ4v) is 5.48. The van der Waals surface area contributed by atoms with E-state index in [0.29, 0.717) is 30.7 Å². The molecule has 0 aliphatic carbocycles. The lowest BCUT2D eigenvalue weighted by Crippen LogP contribution is -2.44. The SMILES string of the molecule is CC1COCCN1c1nc(-c2ccc(NC(=O)Nc3ccc(N4CCNCC4)cc3)cc2)nc(C2CCOCC2)n1. The van der Waals surface area contributed by atoms with Crippen LogP contribution in [0.5, 0.6) is 0 Å². The highest BCUT2D eigenvalue weighted by Crippen LogP contribution is 2.29. The topological polar surface area (TPSA) is 117 Å². The Morgan fingerprint density at radius 2 is 1.54 bits per heavy atom. The number of rotatable bonds is 6. The number of benzene rings is 2. The molecule has 6 rings (SSSR count). The quantitative estimate of drug-likeness (QED) is 0.416. The average Bonchev–Trinajstić information content (AvgIpc) is 3.02. The number of hydrogen-bond acceptors (Lipinski definition) is 9. The predicted molar refractivity (Wildman–Crippen MR) is 160 cm³/mol. The molecule has 3 fully saturated rings. The Morgan fingerprint density at radius 3 is 2.22 bits per heavy atom. The Bertz CT molecular complexity index is 1310. The van der Waals surface area contributed by atoms with Gasteiger partial charge in [-0.2, -0.15) is 9.97 Å². The van der Waals surface area contributed by atoms with Gasteiger partial charge in [0.15, 0.2) is 5.82 Å². The van der Waals surface area contributed by atoms with Crippen molar-refractivity contribution in [3.63, 3.8) is 0 Å². The van der Waals surface area contributed by atoms with E-state index >= 15 is 0 Å². The van der Waals surface area contributed by atoms with Crippen LogP contribution in [0.3, 0.4) is 0 Å². The van der Waals surface area contributed by atoms with Crippen LogP contribution in [-0.4, -0.2) is 86.2 Å². The predicted octanol–water partition coefficient (Wildman–Crippen LogP) is 3.71. The maximum Gasteiger partial charge on any atom is 0.323 e. The van der Waals surface area contributed by atoms with Crippen molar-refractivity contribution in [2.24, 2.45) is 0 Å². The number of amides is 2. The highest BCUT2D eigenvalue weighted by molar-refractivity contribution is 5.99. The van der Waals surface area contributed by atoms with Crippen molar-refractivity contribution in [1.82, 2.24) is 20.3 Å². The minimum absolute atomic E-state index is 0.185. The smallest absolute Gasteiger partial charge is 0.323 e. The van der Waals surface area contributed by atoms with Crippen molar-refractivity contribution in [1.29, 1.82) is 0 Å². The summed E-state index contributed by atoms with van der Waals surface area (Å²) in [6, 6.07) is 15.5. The lowest BCUT2D eigenvalue weighted by molar-refractivity contribution is 0.0834. The van der Waals surface area contributed by atoms with Gasteiger partial charge in [-0.1, -0.05) is 0 Å². The molecule has 11 nitrogen and oxygen atoms in total. The van der Waals surface area contributed by atoms with Crippen LogP contribution in [0, 0.1) is 0 Å². The summed E-state index contributed by atoms with van der Waals surface area (Å²) in [5.41, 5.74) is 3.47. The summed E-state index contributed by atoms with van der Waals surface area (Å²) in [5, 5.41) is 9.20. The van der Waals surface area contributed by atoms with E-state index in [-0.39, 0.29) is 18.0 Å². The maximum absolute atomic E-state index is 12.7. The molecule has 2 amide bonds. The van der Waals surface area contributed by atoms with Gasteiger partial charge in [0, 0.05) is 74.5 Å². The zero-order valence-electron chi connectivity index (χ0n) is 23.5. The molecule has 3 N–H and O–H groups in total. The van der Waals surface area contributed by atoms with Crippen LogP contribution < -0.4 is 25.8 Å². The number of aromatic nitrogens is 3. The summed E-state index contributed by atoms with van der Waals surface area (Å²) in [7, 11) is 0. The molecular formula is C30H38N8O3. The number of carbonyl (C=O) groups excluding carboxylic acids is 1. The molecule has 1 aromatic heterocycles. The van der Waals surface area contributed by atoms with Gasteiger partial charge in [0.1, 0.15) is 5.82 Å². The van der Waals surface area contributed by atoms with E-state index in [1.807, 2.05) is 48.5 Å². The number of morpholine rings is 1. The first-order valence-corrected chi connectivity index (χ1v) is 14.5. The minimum Gasteiger partial charge on any atom is -0.381 e. The monoisotopic (exact) mass is 558 g/mol. The second-order valence-electron chi connectivity index (χ2n) is 10.8. The summed E-state index contributed by atoms with van der Waals surface area (Å²) in [6.45, 7) is 9.56. The Balaban J connectivity index is 1.14. The molecule has 2 aromatic carbocycles. The van der Waals surface area contributed by atoms with Crippen LogP contribution in [0.2, 0.25) is 0 Å². The van der Waals surface area contributed by atoms with Crippen LogP contribution in [-0.2, 0) is 9.47 Å². The molecular weight excluding hydrogens is 520 g/mol. The van der Waals surface area contributed by atoms with Gasteiger partial charge >= 0.3 is 6.03 Å². The van der Waals surface area contributed by atoms with E-state index in [1.165, 1.54) is 0 Å². The van der Waals surface area contributed by atoms with Crippen LogP contribution in [0.1, 0.15) is 31.5 Å². The zero-order chi connectivity index (χ0) is 28.0. The number of piperazine rings is 1. The number of carbonyl (C=O) groups is 1. The van der Waals surface area contributed by atoms with Gasteiger partial charge in [-0.25, -0.2) is 9.78 Å². The van der Waals surface area contributed by atoms with Gasteiger partial charge in [-0.05, 0) is 68.3 Å². The molecule has 1 atom stereocenters. The lowest BCUT2D eigenvalue weighted by Gasteiger charge is -2.34. The van der Waals surface area contributed by atoms with E-state index < -0.39 is 0 Å². The molecule has 3 saturated heterocycles. The Kier molecular flexibility index (Phi) is 8.54. The highest BCUT2D eigenvalue weighted by Gasteiger charge is 2.26. The molecule has 41 heavy (non-hydrogen) atoms. The normalized spacial score (nSPS) is 20.1. The van der Waals surface area contributed by atoms with Gasteiger partial charge in [-0.15, -0.1) is 0 Å². The Labute approximate surface area is 240 Å². The van der Waals surface area contributed by atoms with Gasteiger partial charge in [0.2, 0.25) is 5.95 Å². The number of anilines is 4. The van der Waals surface area contributed by atoms with Crippen LogP contribution >= 0.6 is 0 Å². The third kappa shape index (κ3) is 6.75. The third-order valence-corrected chi connectivity index (χ3v) is 7.86. The van der Waals surface area contributed by atoms with E-state index in [2.05, 4.69) is 32.7 Å². The number of nitrogens with zero attached hydrogens (tertiary/aromatic N) is 5. The summed E-state index contributed by atoms with van der Waals surface area (Å²) < 4.78 is 11.2. The first-order valence-electron chi connectivity index (χ1n) is 14.5. The van der Waals surface area contributed by atoms with Crippen molar-refractivity contribution in [2.75, 3.05) is 79.6 Å². The minimum atomic E-state index is -0.293. The van der Waals surface area contributed by atoms with Crippen molar-refractivity contribution in [3.8, 4) is 11.4 Å². The van der Waals surface area contributed by atoms with E-state index in [1.54, 1.807) is 0 Å². The fourth-order valence-electron chi connectivity index (χ4n) is 5.48. The molecule has 216 valence electrons. The van der Waals surface area contributed by atoms with Gasteiger partial charge in [0.25, 0.3) is 0 Å². The Morgan fingerprint density at radius 1 is 0.854 bits per heavy atom. The molecule has 3 aliphatic heterocycles. The summed E-state index contributed by atoms with van der Waals surface area (Å²) in [5.74, 6) is 2.39. The zero-order valence-corrected chi connectivity index (χ0v) is 23.5. The first kappa shape index (κ1) is 27.4. The molecule has 11 heteroatoms. The van der Waals surface area contributed by atoms with Gasteiger partial charge in [0.05, 0.1) is 19.3 Å². The molecule has 3 aromatic rings. The fraction of sp³-hybridized carbons (Fsp3) is 0.467. The van der Waals surface area contributed by atoms with Crippen molar-refractivity contribution in [3.05, 3.63) is 54.4 Å². The van der Waals surface area contributed by atoms with Crippen LogP contribution in [0.4, 0.5) is 27.8 Å². The van der Waals surface area contributed by atoms with Crippen LogP contribution in [0.25, 0.3) is 11.4 Å². The molecule has 4 heterocycles. The second kappa shape index (κ2) is 12.8. The van der Waals surface area contributed by atoms with Gasteiger partial charge < -0.3 is 35.2 Å². The lowest BCUT2D eigenvalue weighted by atomic mass is 9.99. The second-order valence-corrected chi connectivity index (χ2v) is 10.8. The third-order valence-electron chi connectivity index (χ3n) is 7.86.